The molecule has 5 rings (SSSR count). The molecule has 0 aliphatic heterocycles. The number of amides is 1. The van der Waals surface area contributed by atoms with Gasteiger partial charge in [-0.1, -0.05) is 18.2 Å². The zero-order valence-electron chi connectivity index (χ0n) is 15.0. The lowest BCUT2D eigenvalue weighted by atomic mass is 10.2. The fraction of sp³-hybridized carbons (Fsp3) is 0.0476. The highest BCUT2D eigenvalue weighted by molar-refractivity contribution is 7.14. The topological polar surface area (TPSA) is 80.9 Å². The van der Waals surface area contributed by atoms with Crippen molar-refractivity contribution in [3.63, 3.8) is 0 Å². The minimum absolute atomic E-state index is 0.154. The fourth-order valence-electron chi connectivity index (χ4n) is 2.89. The smallest absolute Gasteiger partial charge is 0.232 e. The number of fused-ring (bicyclic) bond motifs is 1. The van der Waals surface area contributed by atoms with Crippen molar-refractivity contribution in [3.8, 4) is 22.0 Å². The largest absolute Gasteiger partial charge is 0.454 e. The predicted octanol–water partition coefficient (Wildman–Crippen LogP) is 5.26. The van der Waals surface area contributed by atoms with Gasteiger partial charge in [0, 0.05) is 34.1 Å². The van der Waals surface area contributed by atoms with Gasteiger partial charge < -0.3 is 9.73 Å². The number of hydrogen-bond donors (Lipinski definition) is 1. The highest BCUT2D eigenvalue weighted by atomic mass is 32.1. The molecule has 0 radical (unpaired) electrons. The number of nitrogens with one attached hydrogen (secondary N) is 1. The Morgan fingerprint density at radius 1 is 1.07 bits per heavy atom. The molecule has 0 saturated carbocycles. The van der Waals surface area contributed by atoms with Crippen LogP contribution in [0.25, 0.3) is 33.0 Å². The van der Waals surface area contributed by atoms with E-state index in [4.69, 9.17) is 4.42 Å². The van der Waals surface area contributed by atoms with Crippen molar-refractivity contribution >= 4 is 44.7 Å². The minimum Gasteiger partial charge on any atom is -0.454 e. The van der Waals surface area contributed by atoms with Gasteiger partial charge in [0.2, 0.25) is 5.91 Å². The standard InChI is InChI=1S/C21H14N4O2S2/c26-19(9-15-11-28-20(23-15)14-5-3-7-22-10-14)25-21-24-16(12-29-21)18-8-13-4-1-2-6-17(13)27-18/h1-8,10-12H,9H2,(H,24,25,26). The molecular formula is C21H14N4O2S2. The van der Waals surface area contributed by atoms with E-state index in [0.29, 0.717) is 16.6 Å². The summed E-state index contributed by atoms with van der Waals surface area (Å²) in [6, 6.07) is 13.6. The van der Waals surface area contributed by atoms with E-state index >= 15 is 0 Å². The van der Waals surface area contributed by atoms with Gasteiger partial charge in [0.1, 0.15) is 16.3 Å². The number of carbonyl (C=O) groups excluding carboxylic acids is 1. The Morgan fingerprint density at radius 3 is 2.86 bits per heavy atom. The number of aromatic nitrogens is 3. The number of carbonyl (C=O) groups is 1. The fourth-order valence-corrected chi connectivity index (χ4v) is 4.42. The van der Waals surface area contributed by atoms with Crippen LogP contribution in [0, 0.1) is 0 Å². The summed E-state index contributed by atoms with van der Waals surface area (Å²) in [5, 5.41) is 9.01. The molecule has 1 amide bonds. The van der Waals surface area contributed by atoms with Crippen LogP contribution in [0.3, 0.4) is 0 Å². The number of thiazole rings is 2. The van der Waals surface area contributed by atoms with Gasteiger partial charge in [-0.25, -0.2) is 9.97 Å². The highest BCUT2D eigenvalue weighted by Gasteiger charge is 2.13. The first kappa shape index (κ1) is 17.7. The summed E-state index contributed by atoms with van der Waals surface area (Å²) in [6.45, 7) is 0. The van der Waals surface area contributed by atoms with Gasteiger partial charge in [0.25, 0.3) is 0 Å². The summed E-state index contributed by atoms with van der Waals surface area (Å²) in [5.74, 6) is 0.530. The quantitative estimate of drug-likeness (QED) is 0.421. The number of nitrogens with zero attached hydrogens (tertiary/aromatic N) is 3. The van der Waals surface area contributed by atoms with Crippen LogP contribution in [-0.2, 0) is 11.2 Å². The number of benzene rings is 1. The number of hydrogen-bond acceptors (Lipinski definition) is 7. The summed E-state index contributed by atoms with van der Waals surface area (Å²) in [5.41, 5.74) is 3.18. The normalized spacial score (nSPS) is 11.0. The Kier molecular flexibility index (Phi) is 4.63. The maximum atomic E-state index is 12.4. The van der Waals surface area contributed by atoms with Crippen molar-refractivity contribution in [1.29, 1.82) is 0 Å². The van der Waals surface area contributed by atoms with Crippen LogP contribution in [0.1, 0.15) is 5.69 Å². The number of furan rings is 1. The van der Waals surface area contributed by atoms with E-state index in [1.807, 2.05) is 53.2 Å². The molecule has 0 atom stereocenters. The third kappa shape index (κ3) is 3.80. The van der Waals surface area contributed by atoms with Gasteiger partial charge in [-0.05, 0) is 24.3 Å². The SMILES string of the molecule is O=C(Cc1csc(-c2cccnc2)n1)Nc1nc(-c2cc3ccccc3o2)cs1. The average molecular weight is 419 g/mol. The van der Waals surface area contributed by atoms with Crippen molar-refractivity contribution in [3.05, 3.63) is 71.3 Å². The van der Waals surface area contributed by atoms with Gasteiger partial charge in [0.05, 0.1) is 12.1 Å². The second kappa shape index (κ2) is 7.57. The van der Waals surface area contributed by atoms with Gasteiger partial charge in [0.15, 0.2) is 10.9 Å². The van der Waals surface area contributed by atoms with Crippen molar-refractivity contribution in [2.24, 2.45) is 0 Å². The van der Waals surface area contributed by atoms with E-state index in [9.17, 15) is 4.79 Å². The van der Waals surface area contributed by atoms with Gasteiger partial charge in [-0.2, -0.15) is 0 Å². The van der Waals surface area contributed by atoms with Crippen LogP contribution >= 0.6 is 22.7 Å². The van der Waals surface area contributed by atoms with E-state index in [2.05, 4.69) is 20.3 Å². The molecule has 0 aliphatic carbocycles. The minimum atomic E-state index is -0.154. The van der Waals surface area contributed by atoms with E-state index in [1.54, 1.807) is 12.4 Å². The summed E-state index contributed by atoms with van der Waals surface area (Å²) in [6.07, 6.45) is 3.67. The number of rotatable bonds is 5. The molecule has 5 aromatic rings. The molecule has 6 nitrogen and oxygen atoms in total. The maximum Gasteiger partial charge on any atom is 0.232 e. The lowest BCUT2D eigenvalue weighted by molar-refractivity contribution is -0.115. The van der Waals surface area contributed by atoms with Crippen LogP contribution < -0.4 is 5.32 Å². The summed E-state index contributed by atoms with van der Waals surface area (Å²) in [7, 11) is 0. The zero-order valence-corrected chi connectivity index (χ0v) is 16.7. The van der Waals surface area contributed by atoms with E-state index in [1.165, 1.54) is 22.7 Å². The third-order valence-electron chi connectivity index (χ3n) is 4.23. The molecule has 29 heavy (non-hydrogen) atoms. The van der Waals surface area contributed by atoms with E-state index in [-0.39, 0.29) is 12.3 Å². The molecule has 0 fully saturated rings. The Balaban J connectivity index is 1.26. The molecule has 0 aliphatic rings. The number of para-hydroxylation sites is 1. The lowest BCUT2D eigenvalue weighted by Crippen LogP contribution is -2.14. The van der Waals surface area contributed by atoms with Gasteiger partial charge >= 0.3 is 0 Å². The van der Waals surface area contributed by atoms with E-state index < -0.39 is 0 Å². The first-order chi connectivity index (χ1) is 14.2. The predicted molar refractivity (Wildman–Crippen MR) is 115 cm³/mol. The van der Waals surface area contributed by atoms with Gasteiger partial charge in [-0.15, -0.1) is 22.7 Å². The van der Waals surface area contributed by atoms with Gasteiger partial charge in [-0.3, -0.25) is 9.78 Å². The Hall–Kier alpha value is -3.36. The lowest BCUT2D eigenvalue weighted by Gasteiger charge is -1.99. The maximum absolute atomic E-state index is 12.4. The van der Waals surface area contributed by atoms with Crippen molar-refractivity contribution in [2.75, 3.05) is 5.32 Å². The molecular weight excluding hydrogens is 404 g/mol. The van der Waals surface area contributed by atoms with Crippen molar-refractivity contribution in [1.82, 2.24) is 15.0 Å². The Morgan fingerprint density at radius 2 is 2.00 bits per heavy atom. The monoisotopic (exact) mass is 418 g/mol. The van der Waals surface area contributed by atoms with Crippen LogP contribution in [0.15, 0.2) is 70.0 Å². The summed E-state index contributed by atoms with van der Waals surface area (Å²) < 4.78 is 5.83. The van der Waals surface area contributed by atoms with Crippen molar-refractivity contribution < 1.29 is 9.21 Å². The Bertz CT molecular complexity index is 1260. The molecule has 0 saturated heterocycles. The average Bonchev–Trinajstić information content (AvgIpc) is 3.47. The van der Waals surface area contributed by atoms with Crippen LogP contribution in [0.2, 0.25) is 0 Å². The van der Waals surface area contributed by atoms with Crippen molar-refractivity contribution in [2.45, 2.75) is 6.42 Å². The zero-order chi connectivity index (χ0) is 19.6. The number of pyridine rings is 1. The third-order valence-corrected chi connectivity index (χ3v) is 5.93. The molecule has 4 heterocycles. The van der Waals surface area contributed by atoms with E-state index in [0.717, 1.165) is 27.2 Å². The molecule has 0 unspecified atom stereocenters. The van der Waals surface area contributed by atoms with Crippen LogP contribution in [0.5, 0.6) is 0 Å². The summed E-state index contributed by atoms with van der Waals surface area (Å²) >= 11 is 2.86. The van der Waals surface area contributed by atoms with Crippen LogP contribution in [-0.4, -0.2) is 20.9 Å². The highest BCUT2D eigenvalue weighted by Crippen LogP contribution is 2.30. The molecule has 4 aromatic heterocycles. The second-order valence-corrected chi connectivity index (χ2v) is 8.01. The first-order valence-electron chi connectivity index (χ1n) is 8.84. The molecule has 8 heteroatoms. The number of anilines is 1. The Labute approximate surface area is 173 Å². The van der Waals surface area contributed by atoms with Crippen LogP contribution in [0.4, 0.5) is 5.13 Å². The molecule has 1 aromatic carbocycles. The molecule has 0 bridgehead atoms. The first-order valence-corrected chi connectivity index (χ1v) is 10.6. The second-order valence-electron chi connectivity index (χ2n) is 6.30. The molecule has 0 spiro atoms. The summed E-state index contributed by atoms with van der Waals surface area (Å²) in [4.78, 5) is 25.5. The molecule has 142 valence electrons. The molecule has 1 N–H and O–H groups in total.